The molecule has 1 fully saturated rings. The summed E-state index contributed by atoms with van der Waals surface area (Å²) < 4.78 is 18.3. The van der Waals surface area contributed by atoms with E-state index < -0.39 is 44.0 Å². The molecular formula is C24H41NO5Si. The Hall–Kier alpha value is -1.41. The normalized spacial score (nSPS) is 23.0. The van der Waals surface area contributed by atoms with E-state index in [2.05, 4.69) is 33.9 Å². The molecule has 1 N–H and O–H groups in total. The summed E-state index contributed by atoms with van der Waals surface area (Å²) in [5.74, 6) is 0. The molecule has 3 atom stereocenters. The van der Waals surface area contributed by atoms with Crippen LogP contribution >= 0.6 is 0 Å². The highest BCUT2D eigenvalue weighted by Crippen LogP contribution is 2.44. The SMILES string of the molecule is CC(C)(C)OC(=O)N1[C@H](c2ccccc2)[C@@H]([C@H](O)CO[Si](C)(C)C(C)(C)C)OC1(C)C. The van der Waals surface area contributed by atoms with Gasteiger partial charge in [0.15, 0.2) is 8.32 Å². The van der Waals surface area contributed by atoms with Crippen LogP contribution in [0.5, 0.6) is 0 Å². The van der Waals surface area contributed by atoms with Crippen molar-refractivity contribution in [3.63, 3.8) is 0 Å². The summed E-state index contributed by atoms with van der Waals surface area (Å²) in [4.78, 5) is 14.8. The Morgan fingerprint density at radius 3 is 2.19 bits per heavy atom. The Kier molecular flexibility index (Phi) is 7.38. The second-order valence-corrected chi connectivity index (χ2v) is 16.2. The van der Waals surface area contributed by atoms with Crippen molar-refractivity contribution in [3.05, 3.63) is 35.9 Å². The fourth-order valence-corrected chi connectivity index (χ4v) is 4.48. The Morgan fingerprint density at radius 2 is 1.71 bits per heavy atom. The third-order valence-corrected chi connectivity index (χ3v) is 10.6. The molecule has 0 radical (unpaired) electrons. The molecule has 1 aromatic carbocycles. The van der Waals surface area contributed by atoms with E-state index in [1.54, 1.807) is 4.90 Å². The van der Waals surface area contributed by atoms with E-state index in [-0.39, 0.29) is 11.6 Å². The summed E-state index contributed by atoms with van der Waals surface area (Å²) in [6.07, 6.45) is -2.01. The highest BCUT2D eigenvalue weighted by atomic mass is 28.4. The monoisotopic (exact) mass is 451 g/mol. The first-order chi connectivity index (χ1) is 14.0. The standard InChI is InChI=1S/C24H41NO5Si/c1-22(2,3)30-21(27)25-19(17-14-12-11-13-15-17)20(29-24(25,7)8)18(26)16-28-31(9,10)23(4,5)6/h11-15,18-20,26H,16H2,1-10H3/t18-,19-,20-/m1/s1. The zero-order valence-corrected chi connectivity index (χ0v) is 21.9. The first-order valence-corrected chi connectivity index (χ1v) is 13.9. The number of aliphatic hydroxyl groups is 1. The molecule has 1 aliphatic heterocycles. The average molecular weight is 452 g/mol. The Bertz CT molecular complexity index is 751. The minimum Gasteiger partial charge on any atom is -0.444 e. The summed E-state index contributed by atoms with van der Waals surface area (Å²) in [5.41, 5.74) is -0.711. The summed E-state index contributed by atoms with van der Waals surface area (Å²) in [6, 6.07) is 9.16. The molecule has 1 aromatic rings. The molecule has 0 aromatic heterocycles. The number of aliphatic hydroxyl groups excluding tert-OH is 1. The molecule has 1 saturated heterocycles. The van der Waals surface area contributed by atoms with Crippen LogP contribution in [0.4, 0.5) is 4.79 Å². The molecule has 0 saturated carbocycles. The number of hydrogen-bond donors (Lipinski definition) is 1. The molecule has 176 valence electrons. The molecular weight excluding hydrogens is 410 g/mol. The zero-order chi connectivity index (χ0) is 23.8. The van der Waals surface area contributed by atoms with E-state index in [9.17, 15) is 9.90 Å². The zero-order valence-electron chi connectivity index (χ0n) is 20.9. The van der Waals surface area contributed by atoms with Gasteiger partial charge in [-0.15, -0.1) is 0 Å². The Morgan fingerprint density at radius 1 is 1.16 bits per heavy atom. The third-order valence-electron chi connectivity index (χ3n) is 6.13. The van der Waals surface area contributed by atoms with E-state index in [1.807, 2.05) is 65.0 Å². The van der Waals surface area contributed by atoms with Crippen LogP contribution in [0.2, 0.25) is 18.1 Å². The second-order valence-electron chi connectivity index (χ2n) is 11.4. The third kappa shape index (κ3) is 6.09. The number of rotatable bonds is 5. The van der Waals surface area contributed by atoms with Gasteiger partial charge in [-0.3, -0.25) is 4.90 Å². The molecule has 6 nitrogen and oxygen atoms in total. The highest BCUT2D eigenvalue weighted by Gasteiger charge is 2.54. The summed E-state index contributed by atoms with van der Waals surface area (Å²) >= 11 is 0. The largest absolute Gasteiger partial charge is 0.444 e. The average Bonchev–Trinajstić information content (AvgIpc) is 2.89. The van der Waals surface area contributed by atoms with E-state index >= 15 is 0 Å². The van der Waals surface area contributed by atoms with E-state index in [0.29, 0.717) is 0 Å². The maximum absolute atomic E-state index is 13.2. The van der Waals surface area contributed by atoms with Crippen LogP contribution in [0.3, 0.4) is 0 Å². The smallest absolute Gasteiger partial charge is 0.413 e. The van der Waals surface area contributed by atoms with Crippen molar-refractivity contribution < 1.29 is 23.8 Å². The minimum absolute atomic E-state index is 0.0317. The molecule has 0 unspecified atom stereocenters. The van der Waals surface area contributed by atoms with Crippen molar-refractivity contribution in [3.8, 4) is 0 Å². The number of carbonyl (C=O) groups excluding carboxylic acids is 1. The van der Waals surface area contributed by atoms with Crippen molar-refractivity contribution >= 4 is 14.4 Å². The maximum atomic E-state index is 13.2. The Balaban J connectivity index is 2.36. The van der Waals surface area contributed by atoms with Gasteiger partial charge in [0, 0.05) is 0 Å². The molecule has 0 bridgehead atoms. The lowest BCUT2D eigenvalue weighted by atomic mass is 9.97. The van der Waals surface area contributed by atoms with Gasteiger partial charge in [0.05, 0.1) is 12.6 Å². The Labute approximate surface area is 189 Å². The maximum Gasteiger partial charge on any atom is 0.413 e. The lowest BCUT2D eigenvalue weighted by molar-refractivity contribution is -0.109. The number of carbonyl (C=O) groups is 1. The van der Waals surface area contributed by atoms with Gasteiger partial charge < -0.3 is 19.0 Å². The molecule has 1 amide bonds. The fourth-order valence-electron chi connectivity index (χ4n) is 3.46. The van der Waals surface area contributed by atoms with Gasteiger partial charge in [0.25, 0.3) is 0 Å². The summed E-state index contributed by atoms with van der Waals surface area (Å²) in [7, 11) is -2.05. The van der Waals surface area contributed by atoms with Crippen LogP contribution in [-0.4, -0.2) is 54.6 Å². The molecule has 0 spiro atoms. The lowest BCUT2D eigenvalue weighted by Gasteiger charge is -2.37. The fraction of sp³-hybridized carbons (Fsp3) is 0.708. The van der Waals surface area contributed by atoms with Crippen molar-refractivity contribution in [1.82, 2.24) is 4.90 Å². The van der Waals surface area contributed by atoms with Crippen molar-refractivity contribution in [1.29, 1.82) is 0 Å². The molecule has 0 aliphatic carbocycles. The molecule has 1 heterocycles. The highest BCUT2D eigenvalue weighted by molar-refractivity contribution is 6.74. The topological polar surface area (TPSA) is 68.2 Å². The van der Waals surface area contributed by atoms with Gasteiger partial charge in [-0.05, 0) is 58.3 Å². The first-order valence-electron chi connectivity index (χ1n) is 11.0. The van der Waals surface area contributed by atoms with Gasteiger partial charge in [0.1, 0.15) is 23.5 Å². The number of ether oxygens (including phenoxy) is 2. The van der Waals surface area contributed by atoms with Crippen LogP contribution in [0, 0.1) is 0 Å². The number of nitrogens with zero attached hydrogens (tertiary/aromatic N) is 1. The van der Waals surface area contributed by atoms with Gasteiger partial charge in [-0.1, -0.05) is 51.1 Å². The van der Waals surface area contributed by atoms with E-state index in [0.717, 1.165) is 5.56 Å². The number of amides is 1. The molecule has 1 aliphatic rings. The van der Waals surface area contributed by atoms with Crippen LogP contribution in [-0.2, 0) is 13.9 Å². The number of benzene rings is 1. The van der Waals surface area contributed by atoms with Gasteiger partial charge in [-0.25, -0.2) is 4.79 Å². The van der Waals surface area contributed by atoms with Gasteiger partial charge in [0.2, 0.25) is 0 Å². The molecule has 31 heavy (non-hydrogen) atoms. The quantitative estimate of drug-likeness (QED) is 0.600. The summed E-state index contributed by atoms with van der Waals surface area (Å²) in [6.45, 7) is 20.1. The van der Waals surface area contributed by atoms with Crippen molar-refractivity contribution in [2.24, 2.45) is 0 Å². The van der Waals surface area contributed by atoms with Crippen LogP contribution in [0.25, 0.3) is 0 Å². The molecule has 2 rings (SSSR count). The lowest BCUT2D eigenvalue weighted by Crippen LogP contribution is -2.47. The van der Waals surface area contributed by atoms with Gasteiger partial charge in [-0.2, -0.15) is 0 Å². The van der Waals surface area contributed by atoms with E-state index in [4.69, 9.17) is 13.9 Å². The van der Waals surface area contributed by atoms with Crippen LogP contribution < -0.4 is 0 Å². The molecule has 7 heteroatoms. The predicted molar refractivity (Wildman–Crippen MR) is 125 cm³/mol. The van der Waals surface area contributed by atoms with E-state index in [1.165, 1.54) is 0 Å². The van der Waals surface area contributed by atoms with Gasteiger partial charge >= 0.3 is 6.09 Å². The number of hydrogen-bond acceptors (Lipinski definition) is 5. The van der Waals surface area contributed by atoms with Crippen molar-refractivity contribution in [2.45, 2.75) is 103 Å². The predicted octanol–water partition coefficient (Wildman–Crippen LogP) is 5.48. The van der Waals surface area contributed by atoms with Crippen molar-refractivity contribution in [2.75, 3.05) is 6.61 Å². The minimum atomic E-state index is -2.05. The first kappa shape index (κ1) is 25.8. The van der Waals surface area contributed by atoms with Crippen LogP contribution in [0.1, 0.15) is 67.0 Å². The van der Waals surface area contributed by atoms with Crippen LogP contribution in [0.15, 0.2) is 30.3 Å². The summed E-state index contributed by atoms with van der Waals surface area (Å²) in [5, 5.41) is 11.2. The second kappa shape index (κ2) is 8.85.